The number of aliphatic hydroxyl groups is 1. The van der Waals surface area contributed by atoms with Gasteiger partial charge in [0, 0.05) is 12.6 Å². The number of rotatable bonds is 6. The summed E-state index contributed by atoms with van der Waals surface area (Å²) in [6.07, 6.45) is 4.76. The highest BCUT2D eigenvalue weighted by Crippen LogP contribution is 2.21. The Morgan fingerprint density at radius 2 is 2.16 bits per heavy atom. The first-order valence-electron chi connectivity index (χ1n) is 7.37. The molecule has 1 aromatic carbocycles. The SMILES string of the molecule is CCCC1CC(N[C@@H](CO)c2ccccc2)CCO1. The molecule has 19 heavy (non-hydrogen) atoms. The zero-order chi connectivity index (χ0) is 13.5. The van der Waals surface area contributed by atoms with Gasteiger partial charge in [-0.3, -0.25) is 0 Å². The third kappa shape index (κ3) is 4.30. The molecule has 1 aromatic rings. The van der Waals surface area contributed by atoms with Crippen molar-refractivity contribution in [1.29, 1.82) is 0 Å². The molecular formula is C16H25NO2. The van der Waals surface area contributed by atoms with Gasteiger partial charge < -0.3 is 15.2 Å². The molecule has 0 aliphatic carbocycles. The van der Waals surface area contributed by atoms with Crippen LogP contribution >= 0.6 is 0 Å². The van der Waals surface area contributed by atoms with Gasteiger partial charge in [-0.15, -0.1) is 0 Å². The molecule has 0 spiro atoms. The molecule has 2 rings (SSSR count). The van der Waals surface area contributed by atoms with Crippen LogP contribution in [0.5, 0.6) is 0 Å². The van der Waals surface area contributed by atoms with Crippen molar-refractivity contribution in [2.75, 3.05) is 13.2 Å². The molecule has 2 unspecified atom stereocenters. The zero-order valence-corrected chi connectivity index (χ0v) is 11.7. The lowest BCUT2D eigenvalue weighted by Gasteiger charge is -2.32. The molecule has 0 radical (unpaired) electrons. The predicted octanol–water partition coefficient (Wildman–Crippen LogP) is 2.66. The summed E-state index contributed by atoms with van der Waals surface area (Å²) in [4.78, 5) is 0. The summed E-state index contributed by atoms with van der Waals surface area (Å²) >= 11 is 0. The minimum absolute atomic E-state index is 0.0339. The topological polar surface area (TPSA) is 41.5 Å². The highest BCUT2D eigenvalue weighted by molar-refractivity contribution is 5.19. The van der Waals surface area contributed by atoms with Crippen LogP contribution in [0, 0.1) is 0 Å². The van der Waals surface area contributed by atoms with E-state index in [0.29, 0.717) is 12.1 Å². The summed E-state index contributed by atoms with van der Waals surface area (Å²) < 4.78 is 5.77. The lowest BCUT2D eigenvalue weighted by atomic mass is 9.98. The molecule has 1 heterocycles. The van der Waals surface area contributed by atoms with Crippen molar-refractivity contribution in [3.05, 3.63) is 35.9 Å². The number of ether oxygens (including phenoxy) is 1. The summed E-state index contributed by atoms with van der Waals surface area (Å²) in [7, 11) is 0. The summed E-state index contributed by atoms with van der Waals surface area (Å²) in [5, 5.41) is 13.2. The second-order valence-corrected chi connectivity index (χ2v) is 5.32. The van der Waals surface area contributed by atoms with Gasteiger partial charge in [0.05, 0.1) is 18.8 Å². The van der Waals surface area contributed by atoms with Crippen molar-refractivity contribution in [3.63, 3.8) is 0 Å². The standard InChI is InChI=1S/C16H25NO2/c1-2-6-15-11-14(9-10-19-15)17-16(12-18)13-7-4-3-5-8-13/h3-5,7-8,14-18H,2,6,9-12H2,1H3/t14?,15?,16-/m0/s1. The maximum atomic E-state index is 9.59. The highest BCUT2D eigenvalue weighted by Gasteiger charge is 2.24. The van der Waals surface area contributed by atoms with Gasteiger partial charge in [-0.25, -0.2) is 0 Å². The molecule has 1 fully saturated rings. The minimum atomic E-state index is 0.0339. The molecule has 1 aliphatic rings. The Morgan fingerprint density at radius 3 is 2.84 bits per heavy atom. The Morgan fingerprint density at radius 1 is 1.37 bits per heavy atom. The van der Waals surface area contributed by atoms with E-state index in [4.69, 9.17) is 4.74 Å². The molecule has 1 saturated heterocycles. The van der Waals surface area contributed by atoms with E-state index in [1.165, 1.54) is 6.42 Å². The van der Waals surface area contributed by atoms with Gasteiger partial charge in [-0.05, 0) is 24.8 Å². The summed E-state index contributed by atoms with van der Waals surface area (Å²) in [5.41, 5.74) is 1.16. The van der Waals surface area contributed by atoms with Crippen molar-refractivity contribution in [3.8, 4) is 0 Å². The van der Waals surface area contributed by atoms with Crippen molar-refractivity contribution in [2.24, 2.45) is 0 Å². The molecule has 106 valence electrons. The quantitative estimate of drug-likeness (QED) is 0.829. The zero-order valence-electron chi connectivity index (χ0n) is 11.7. The van der Waals surface area contributed by atoms with Crippen LogP contribution in [-0.4, -0.2) is 30.5 Å². The van der Waals surface area contributed by atoms with Crippen molar-refractivity contribution in [2.45, 2.75) is 50.8 Å². The van der Waals surface area contributed by atoms with Crippen molar-refractivity contribution < 1.29 is 9.84 Å². The normalized spacial score (nSPS) is 25.2. The number of nitrogens with one attached hydrogen (secondary N) is 1. The first-order chi connectivity index (χ1) is 9.33. The van der Waals surface area contributed by atoms with E-state index in [9.17, 15) is 5.11 Å². The Kier molecular flexibility index (Phi) is 5.83. The molecule has 0 saturated carbocycles. The van der Waals surface area contributed by atoms with Gasteiger partial charge in [-0.1, -0.05) is 43.7 Å². The largest absolute Gasteiger partial charge is 0.394 e. The molecule has 2 N–H and O–H groups in total. The van der Waals surface area contributed by atoms with Crippen molar-refractivity contribution in [1.82, 2.24) is 5.32 Å². The van der Waals surface area contributed by atoms with Crippen LogP contribution in [0.1, 0.15) is 44.2 Å². The Labute approximate surface area is 116 Å². The molecule has 3 atom stereocenters. The van der Waals surface area contributed by atoms with Crippen LogP contribution in [0.3, 0.4) is 0 Å². The van der Waals surface area contributed by atoms with E-state index in [1.54, 1.807) is 0 Å². The van der Waals surface area contributed by atoms with E-state index >= 15 is 0 Å². The Bertz CT molecular complexity index is 353. The fourth-order valence-corrected chi connectivity index (χ4v) is 2.78. The Balaban J connectivity index is 1.91. The number of aliphatic hydroxyl groups excluding tert-OH is 1. The van der Waals surface area contributed by atoms with Crippen LogP contribution < -0.4 is 5.32 Å². The molecule has 0 amide bonds. The average Bonchev–Trinajstić information content (AvgIpc) is 2.46. The summed E-state index contributed by atoms with van der Waals surface area (Å²) in [6.45, 7) is 3.16. The maximum Gasteiger partial charge on any atom is 0.0626 e. The van der Waals surface area contributed by atoms with Crippen molar-refractivity contribution >= 4 is 0 Å². The molecule has 0 bridgehead atoms. The molecular weight excluding hydrogens is 238 g/mol. The van der Waals surface area contributed by atoms with Gasteiger partial charge in [0.15, 0.2) is 0 Å². The lowest BCUT2D eigenvalue weighted by Crippen LogP contribution is -2.41. The molecule has 3 heteroatoms. The van der Waals surface area contributed by atoms with E-state index in [1.807, 2.05) is 18.2 Å². The number of hydrogen-bond acceptors (Lipinski definition) is 3. The number of hydrogen-bond donors (Lipinski definition) is 2. The minimum Gasteiger partial charge on any atom is -0.394 e. The predicted molar refractivity (Wildman–Crippen MR) is 77.1 cm³/mol. The van der Waals surface area contributed by atoms with Gasteiger partial charge in [-0.2, -0.15) is 0 Å². The second-order valence-electron chi connectivity index (χ2n) is 5.32. The maximum absolute atomic E-state index is 9.59. The van der Waals surface area contributed by atoms with Crippen LogP contribution in [0.2, 0.25) is 0 Å². The monoisotopic (exact) mass is 263 g/mol. The average molecular weight is 263 g/mol. The molecule has 0 aromatic heterocycles. The van der Waals surface area contributed by atoms with Crippen LogP contribution in [0.15, 0.2) is 30.3 Å². The third-order valence-electron chi connectivity index (χ3n) is 3.80. The van der Waals surface area contributed by atoms with E-state index < -0.39 is 0 Å². The third-order valence-corrected chi connectivity index (χ3v) is 3.80. The van der Waals surface area contributed by atoms with Gasteiger partial charge in [0.2, 0.25) is 0 Å². The fourth-order valence-electron chi connectivity index (χ4n) is 2.78. The molecule has 3 nitrogen and oxygen atoms in total. The van der Waals surface area contributed by atoms with Gasteiger partial charge in [0.1, 0.15) is 0 Å². The van der Waals surface area contributed by atoms with E-state index in [2.05, 4.69) is 24.4 Å². The van der Waals surface area contributed by atoms with E-state index in [0.717, 1.165) is 31.4 Å². The molecule has 1 aliphatic heterocycles. The highest BCUT2D eigenvalue weighted by atomic mass is 16.5. The van der Waals surface area contributed by atoms with Crippen LogP contribution in [-0.2, 0) is 4.74 Å². The fraction of sp³-hybridized carbons (Fsp3) is 0.625. The van der Waals surface area contributed by atoms with Crippen LogP contribution in [0.25, 0.3) is 0 Å². The smallest absolute Gasteiger partial charge is 0.0626 e. The summed E-state index contributed by atoms with van der Waals surface area (Å²) in [5.74, 6) is 0. The summed E-state index contributed by atoms with van der Waals surface area (Å²) in [6, 6.07) is 10.7. The van der Waals surface area contributed by atoms with E-state index in [-0.39, 0.29) is 12.6 Å². The Hall–Kier alpha value is -0.900. The second kappa shape index (κ2) is 7.63. The first-order valence-corrected chi connectivity index (χ1v) is 7.37. The van der Waals surface area contributed by atoms with Crippen LogP contribution in [0.4, 0.5) is 0 Å². The number of benzene rings is 1. The van der Waals surface area contributed by atoms with Gasteiger partial charge in [0.25, 0.3) is 0 Å². The first kappa shape index (κ1) is 14.5. The lowest BCUT2D eigenvalue weighted by molar-refractivity contribution is -0.00636. The van der Waals surface area contributed by atoms with Gasteiger partial charge >= 0.3 is 0 Å².